The molecule has 1 fully saturated rings. The number of nitrogens with one attached hydrogen (secondary N) is 1. The van der Waals surface area contributed by atoms with E-state index in [9.17, 15) is 4.79 Å². The van der Waals surface area contributed by atoms with Crippen LogP contribution in [0.2, 0.25) is 0 Å². The molecule has 9 heteroatoms. The van der Waals surface area contributed by atoms with Crippen molar-refractivity contribution in [3.8, 4) is 5.75 Å². The van der Waals surface area contributed by atoms with Crippen LogP contribution < -0.4 is 10.1 Å². The molecule has 1 aliphatic heterocycles. The Kier molecular flexibility index (Phi) is 8.60. The third kappa shape index (κ3) is 5.85. The van der Waals surface area contributed by atoms with E-state index in [4.69, 9.17) is 18.9 Å². The monoisotopic (exact) mass is 446 g/mol. The number of ether oxygens (including phenoxy) is 4. The van der Waals surface area contributed by atoms with E-state index >= 15 is 0 Å². The molecule has 0 spiro atoms. The lowest BCUT2D eigenvalue weighted by molar-refractivity contribution is -0.145. The Balaban J connectivity index is 1.72. The van der Waals surface area contributed by atoms with Crippen molar-refractivity contribution in [2.24, 2.45) is 0 Å². The molecule has 0 unspecified atom stereocenters. The summed E-state index contributed by atoms with van der Waals surface area (Å²) < 4.78 is 23.9. The second kappa shape index (κ2) is 11.4. The van der Waals surface area contributed by atoms with Gasteiger partial charge < -0.3 is 24.3 Å². The van der Waals surface area contributed by atoms with Crippen molar-refractivity contribution in [1.29, 1.82) is 0 Å². The first kappa shape index (κ1) is 24.2. The highest BCUT2D eigenvalue weighted by molar-refractivity contribution is 5.91. The molecule has 1 saturated heterocycles. The molecule has 0 bridgehead atoms. The number of nitrogens with zero attached hydrogens (tertiary/aromatic N) is 3. The number of aromatic nitrogens is 3. The Hall–Kier alpha value is -2.49. The van der Waals surface area contributed by atoms with E-state index in [0.29, 0.717) is 39.5 Å². The molecule has 2 aromatic rings. The minimum Gasteiger partial charge on any atom is -0.496 e. The zero-order valence-corrected chi connectivity index (χ0v) is 19.4. The normalized spacial score (nSPS) is 15.7. The Morgan fingerprint density at radius 1 is 1.25 bits per heavy atom. The highest BCUT2D eigenvalue weighted by atomic mass is 16.7. The van der Waals surface area contributed by atoms with Crippen molar-refractivity contribution >= 4 is 5.91 Å². The fourth-order valence-electron chi connectivity index (χ4n) is 4.05. The van der Waals surface area contributed by atoms with Gasteiger partial charge in [0.1, 0.15) is 5.75 Å². The molecule has 176 valence electrons. The second-order valence-electron chi connectivity index (χ2n) is 7.95. The molecule has 1 amide bonds. The lowest BCUT2D eigenvalue weighted by Crippen LogP contribution is -2.45. The zero-order chi connectivity index (χ0) is 23.0. The predicted octanol–water partition coefficient (Wildman–Crippen LogP) is 2.47. The largest absolute Gasteiger partial charge is 0.496 e. The number of carbonyl (C=O) groups is 1. The topological polar surface area (TPSA) is 96.7 Å². The highest BCUT2D eigenvalue weighted by Gasteiger charge is 2.37. The van der Waals surface area contributed by atoms with E-state index < -0.39 is 6.29 Å². The van der Waals surface area contributed by atoms with Gasteiger partial charge >= 0.3 is 0 Å². The van der Waals surface area contributed by atoms with E-state index in [1.807, 2.05) is 26.0 Å². The SMILES string of the molecule is CCOC(Cn1cc(C(=O)NCC2(c3cc(C)ccc3OC)CCOCC2)nn1)OCC. The van der Waals surface area contributed by atoms with Crippen molar-refractivity contribution in [2.45, 2.75) is 51.9 Å². The van der Waals surface area contributed by atoms with Gasteiger partial charge in [0.25, 0.3) is 5.91 Å². The third-order valence-corrected chi connectivity index (χ3v) is 5.78. The number of hydrogen-bond donors (Lipinski definition) is 1. The van der Waals surface area contributed by atoms with Crippen molar-refractivity contribution in [3.05, 3.63) is 41.2 Å². The molecular formula is C23H34N4O5. The van der Waals surface area contributed by atoms with Crippen molar-refractivity contribution in [3.63, 3.8) is 0 Å². The van der Waals surface area contributed by atoms with Crippen molar-refractivity contribution < 1.29 is 23.7 Å². The summed E-state index contributed by atoms with van der Waals surface area (Å²) in [5.74, 6) is 0.564. The molecule has 3 rings (SSSR count). The lowest BCUT2D eigenvalue weighted by Gasteiger charge is -2.38. The molecule has 2 heterocycles. The number of methoxy groups -OCH3 is 1. The van der Waals surface area contributed by atoms with Crippen LogP contribution in [0.1, 0.15) is 48.3 Å². The number of hydrogen-bond acceptors (Lipinski definition) is 7. The van der Waals surface area contributed by atoms with Gasteiger partial charge in [-0.3, -0.25) is 4.79 Å². The van der Waals surface area contributed by atoms with Crippen LogP contribution in [-0.4, -0.2) is 67.3 Å². The van der Waals surface area contributed by atoms with Crippen LogP contribution in [0.3, 0.4) is 0 Å². The van der Waals surface area contributed by atoms with Crippen LogP contribution in [0.4, 0.5) is 0 Å². The number of rotatable bonds is 11. The van der Waals surface area contributed by atoms with Gasteiger partial charge in [-0.25, -0.2) is 4.68 Å². The van der Waals surface area contributed by atoms with Crippen LogP contribution >= 0.6 is 0 Å². The molecule has 0 aliphatic carbocycles. The molecule has 0 radical (unpaired) electrons. The average molecular weight is 447 g/mol. The summed E-state index contributed by atoms with van der Waals surface area (Å²) in [6, 6.07) is 6.17. The van der Waals surface area contributed by atoms with Gasteiger partial charge in [0, 0.05) is 44.0 Å². The number of carbonyl (C=O) groups excluding carboxylic acids is 1. The summed E-state index contributed by atoms with van der Waals surface area (Å²) in [6.45, 7) is 9.03. The summed E-state index contributed by atoms with van der Waals surface area (Å²) in [5, 5.41) is 11.2. The molecule has 9 nitrogen and oxygen atoms in total. The number of amides is 1. The maximum atomic E-state index is 12.9. The van der Waals surface area contributed by atoms with Crippen molar-refractivity contribution in [2.75, 3.05) is 40.1 Å². The van der Waals surface area contributed by atoms with Crippen LogP contribution in [0.5, 0.6) is 5.75 Å². The fraction of sp³-hybridized carbons (Fsp3) is 0.609. The maximum Gasteiger partial charge on any atom is 0.273 e. The van der Waals surface area contributed by atoms with Gasteiger partial charge in [-0.1, -0.05) is 22.9 Å². The smallest absolute Gasteiger partial charge is 0.273 e. The summed E-state index contributed by atoms with van der Waals surface area (Å²) >= 11 is 0. The highest BCUT2D eigenvalue weighted by Crippen LogP contribution is 2.40. The summed E-state index contributed by atoms with van der Waals surface area (Å²) in [4.78, 5) is 12.9. The third-order valence-electron chi connectivity index (χ3n) is 5.78. The van der Waals surface area contributed by atoms with E-state index in [1.165, 1.54) is 0 Å². The van der Waals surface area contributed by atoms with Gasteiger partial charge in [0.05, 0.1) is 19.9 Å². The van der Waals surface area contributed by atoms with Gasteiger partial charge in [-0.05, 0) is 39.7 Å². The maximum absolute atomic E-state index is 12.9. The minimum absolute atomic E-state index is 0.259. The molecule has 1 aromatic carbocycles. The molecule has 0 saturated carbocycles. The van der Waals surface area contributed by atoms with Crippen LogP contribution in [-0.2, 0) is 26.2 Å². The van der Waals surface area contributed by atoms with E-state index in [2.05, 4.69) is 28.6 Å². The standard InChI is InChI=1S/C23H34N4O5/c1-5-31-21(32-6-2)15-27-14-19(25-26-27)22(28)24-16-23(9-11-30-12-10-23)18-13-17(3)7-8-20(18)29-4/h7-8,13-14,21H,5-6,9-12,15-16H2,1-4H3,(H,24,28). The van der Waals surface area contributed by atoms with E-state index in [-0.39, 0.29) is 17.0 Å². The Morgan fingerprint density at radius 3 is 2.62 bits per heavy atom. The van der Waals surface area contributed by atoms with Crippen LogP contribution in [0.15, 0.2) is 24.4 Å². The Labute approximate surface area is 189 Å². The number of benzene rings is 1. The average Bonchev–Trinajstić information content (AvgIpc) is 3.27. The first-order valence-corrected chi connectivity index (χ1v) is 11.2. The first-order valence-electron chi connectivity index (χ1n) is 11.2. The van der Waals surface area contributed by atoms with E-state index in [0.717, 1.165) is 29.7 Å². The summed E-state index contributed by atoms with van der Waals surface area (Å²) in [5.41, 5.74) is 2.24. The number of aryl methyl sites for hydroxylation is 1. The van der Waals surface area contributed by atoms with Crippen LogP contribution in [0.25, 0.3) is 0 Å². The van der Waals surface area contributed by atoms with Gasteiger partial charge in [0.2, 0.25) is 0 Å². The lowest BCUT2D eigenvalue weighted by atomic mass is 9.73. The molecule has 1 aliphatic rings. The Morgan fingerprint density at radius 2 is 1.97 bits per heavy atom. The van der Waals surface area contributed by atoms with Gasteiger partial charge in [-0.2, -0.15) is 0 Å². The molecule has 1 aromatic heterocycles. The zero-order valence-electron chi connectivity index (χ0n) is 19.4. The molecule has 0 atom stereocenters. The van der Waals surface area contributed by atoms with E-state index in [1.54, 1.807) is 18.0 Å². The molecule has 1 N–H and O–H groups in total. The van der Waals surface area contributed by atoms with Crippen molar-refractivity contribution in [1.82, 2.24) is 20.3 Å². The minimum atomic E-state index is -0.429. The summed E-state index contributed by atoms with van der Waals surface area (Å²) in [7, 11) is 1.68. The van der Waals surface area contributed by atoms with Crippen LogP contribution in [0, 0.1) is 6.92 Å². The fourth-order valence-corrected chi connectivity index (χ4v) is 4.05. The summed E-state index contributed by atoms with van der Waals surface area (Å²) in [6.07, 6.45) is 2.78. The quantitative estimate of drug-likeness (QED) is 0.530. The van der Waals surface area contributed by atoms with Gasteiger partial charge in [0.15, 0.2) is 12.0 Å². The Bertz CT molecular complexity index is 873. The predicted molar refractivity (Wildman–Crippen MR) is 119 cm³/mol. The molecule has 32 heavy (non-hydrogen) atoms. The first-order chi connectivity index (χ1) is 15.5. The van der Waals surface area contributed by atoms with Gasteiger partial charge in [-0.15, -0.1) is 5.10 Å². The molecular weight excluding hydrogens is 412 g/mol. The second-order valence-corrected chi connectivity index (χ2v) is 7.95.